The molecule has 1 aliphatic rings. The highest BCUT2D eigenvalue weighted by molar-refractivity contribution is 8.13. The van der Waals surface area contributed by atoms with E-state index in [2.05, 4.69) is 5.32 Å². The first-order chi connectivity index (χ1) is 9.36. The molecular formula is C14H18ClNO3S. The molecule has 1 amide bonds. The van der Waals surface area contributed by atoms with Crippen LogP contribution in [0.1, 0.15) is 48.0 Å². The molecule has 0 heterocycles. The van der Waals surface area contributed by atoms with E-state index < -0.39 is 9.05 Å². The van der Waals surface area contributed by atoms with E-state index in [9.17, 15) is 13.2 Å². The first-order valence-electron chi connectivity index (χ1n) is 6.73. The average molecular weight is 316 g/mol. The predicted octanol–water partition coefficient (Wildman–Crippen LogP) is 2.99. The van der Waals surface area contributed by atoms with Crippen LogP contribution in [-0.2, 0) is 9.05 Å². The van der Waals surface area contributed by atoms with Gasteiger partial charge in [0.15, 0.2) is 0 Å². The van der Waals surface area contributed by atoms with Crippen LogP contribution in [0.4, 0.5) is 0 Å². The highest BCUT2D eigenvalue weighted by Crippen LogP contribution is 2.21. The van der Waals surface area contributed by atoms with E-state index in [0.29, 0.717) is 11.1 Å². The third-order valence-electron chi connectivity index (χ3n) is 3.53. The quantitative estimate of drug-likeness (QED) is 0.872. The number of benzene rings is 1. The van der Waals surface area contributed by atoms with Gasteiger partial charge in [0.1, 0.15) is 0 Å². The molecule has 1 saturated carbocycles. The molecule has 1 N–H and O–H groups in total. The summed E-state index contributed by atoms with van der Waals surface area (Å²) in [6, 6.07) is 4.64. The van der Waals surface area contributed by atoms with Gasteiger partial charge in [-0.25, -0.2) is 8.42 Å². The third kappa shape index (κ3) is 3.96. The number of hydrogen-bond acceptors (Lipinski definition) is 3. The predicted molar refractivity (Wildman–Crippen MR) is 78.6 cm³/mol. The van der Waals surface area contributed by atoms with Crippen LogP contribution >= 0.6 is 10.7 Å². The van der Waals surface area contributed by atoms with Crippen LogP contribution in [0.5, 0.6) is 0 Å². The molecule has 0 bridgehead atoms. The van der Waals surface area contributed by atoms with E-state index in [-0.39, 0.29) is 16.8 Å². The zero-order chi connectivity index (χ0) is 14.8. The van der Waals surface area contributed by atoms with E-state index in [0.717, 1.165) is 25.7 Å². The van der Waals surface area contributed by atoms with Gasteiger partial charge in [-0.3, -0.25) is 4.79 Å². The highest BCUT2D eigenvalue weighted by Gasteiger charge is 2.19. The van der Waals surface area contributed by atoms with Crippen LogP contribution < -0.4 is 5.32 Å². The normalized spacial score (nSPS) is 16.9. The lowest BCUT2D eigenvalue weighted by Crippen LogP contribution is -2.36. The molecule has 1 aromatic carbocycles. The zero-order valence-corrected chi connectivity index (χ0v) is 12.9. The maximum atomic E-state index is 12.2. The van der Waals surface area contributed by atoms with E-state index in [1.54, 1.807) is 13.0 Å². The summed E-state index contributed by atoms with van der Waals surface area (Å²) in [5, 5.41) is 2.96. The Kier molecular flexibility index (Phi) is 4.70. The molecule has 1 fully saturated rings. The summed E-state index contributed by atoms with van der Waals surface area (Å²) in [6.45, 7) is 1.74. The smallest absolute Gasteiger partial charge is 0.261 e. The fraction of sp³-hybridized carbons (Fsp3) is 0.500. The SMILES string of the molecule is Cc1cc(C(=O)NC2CCCCC2)cc(S(=O)(=O)Cl)c1. The largest absolute Gasteiger partial charge is 0.349 e. The number of aryl methyl sites for hydroxylation is 1. The van der Waals surface area contributed by atoms with E-state index in [1.807, 2.05) is 0 Å². The maximum absolute atomic E-state index is 12.2. The molecule has 0 radical (unpaired) electrons. The van der Waals surface area contributed by atoms with Crippen LogP contribution in [0, 0.1) is 6.92 Å². The van der Waals surface area contributed by atoms with Gasteiger partial charge in [-0.15, -0.1) is 0 Å². The second kappa shape index (κ2) is 6.14. The number of hydrogen-bond donors (Lipinski definition) is 1. The van der Waals surface area contributed by atoms with Gasteiger partial charge in [0, 0.05) is 22.3 Å². The average Bonchev–Trinajstić information content (AvgIpc) is 2.38. The molecule has 1 aliphatic carbocycles. The molecular weight excluding hydrogens is 298 g/mol. The highest BCUT2D eigenvalue weighted by atomic mass is 35.7. The molecule has 2 rings (SSSR count). The Bertz CT molecular complexity index is 607. The summed E-state index contributed by atoms with van der Waals surface area (Å²) in [5.74, 6) is -0.234. The van der Waals surface area contributed by atoms with Gasteiger partial charge in [-0.05, 0) is 43.5 Å². The Morgan fingerprint density at radius 2 is 1.85 bits per heavy atom. The Hall–Kier alpha value is -1.07. The summed E-state index contributed by atoms with van der Waals surface area (Å²) >= 11 is 0. The number of carbonyl (C=O) groups excluding carboxylic acids is 1. The van der Waals surface area contributed by atoms with Gasteiger partial charge in [-0.1, -0.05) is 19.3 Å². The van der Waals surface area contributed by atoms with Crippen molar-refractivity contribution in [1.29, 1.82) is 0 Å². The molecule has 0 aromatic heterocycles. The molecule has 0 aliphatic heterocycles. The van der Waals surface area contributed by atoms with Crippen molar-refractivity contribution in [2.45, 2.75) is 50.0 Å². The minimum Gasteiger partial charge on any atom is -0.349 e. The zero-order valence-electron chi connectivity index (χ0n) is 11.4. The summed E-state index contributed by atoms with van der Waals surface area (Å²) in [5.41, 5.74) is 1.04. The topological polar surface area (TPSA) is 63.2 Å². The van der Waals surface area contributed by atoms with Crippen LogP contribution in [-0.4, -0.2) is 20.4 Å². The van der Waals surface area contributed by atoms with E-state index in [1.165, 1.54) is 18.6 Å². The lowest BCUT2D eigenvalue weighted by Gasteiger charge is -2.22. The van der Waals surface area contributed by atoms with Gasteiger partial charge in [0.05, 0.1) is 4.90 Å². The number of carbonyl (C=O) groups is 1. The van der Waals surface area contributed by atoms with Crippen molar-refractivity contribution in [1.82, 2.24) is 5.32 Å². The van der Waals surface area contributed by atoms with Crippen LogP contribution in [0.25, 0.3) is 0 Å². The van der Waals surface area contributed by atoms with Gasteiger partial charge in [0.25, 0.3) is 15.0 Å². The lowest BCUT2D eigenvalue weighted by atomic mass is 9.95. The standard InChI is InChI=1S/C14H18ClNO3S/c1-10-7-11(9-13(8-10)20(15,18)19)14(17)16-12-5-3-2-4-6-12/h7-9,12H,2-6H2,1H3,(H,16,17). The maximum Gasteiger partial charge on any atom is 0.261 e. The van der Waals surface area contributed by atoms with Gasteiger partial charge in [0.2, 0.25) is 0 Å². The molecule has 110 valence electrons. The van der Waals surface area contributed by atoms with Crippen molar-refractivity contribution < 1.29 is 13.2 Å². The van der Waals surface area contributed by atoms with Crippen molar-refractivity contribution >= 4 is 25.6 Å². The summed E-state index contributed by atoms with van der Waals surface area (Å²) in [4.78, 5) is 12.2. The summed E-state index contributed by atoms with van der Waals surface area (Å²) in [7, 11) is 1.52. The van der Waals surface area contributed by atoms with Crippen molar-refractivity contribution in [2.24, 2.45) is 0 Å². The number of halogens is 1. The monoisotopic (exact) mass is 315 g/mol. The molecule has 6 heteroatoms. The van der Waals surface area contributed by atoms with Gasteiger partial charge in [-0.2, -0.15) is 0 Å². The minimum absolute atomic E-state index is 0.0343. The van der Waals surface area contributed by atoms with Gasteiger partial charge >= 0.3 is 0 Å². The Morgan fingerprint density at radius 1 is 1.20 bits per heavy atom. The van der Waals surface area contributed by atoms with Crippen LogP contribution in [0.15, 0.2) is 23.1 Å². The Labute approximate surface area is 123 Å². The molecule has 0 spiro atoms. The minimum atomic E-state index is -3.82. The Morgan fingerprint density at radius 3 is 2.45 bits per heavy atom. The number of rotatable bonds is 3. The van der Waals surface area contributed by atoms with E-state index in [4.69, 9.17) is 10.7 Å². The second-order valence-electron chi connectivity index (χ2n) is 5.28. The summed E-state index contributed by atoms with van der Waals surface area (Å²) < 4.78 is 22.8. The third-order valence-corrected chi connectivity index (χ3v) is 4.87. The van der Waals surface area contributed by atoms with E-state index >= 15 is 0 Å². The fourth-order valence-corrected chi connectivity index (χ4v) is 3.40. The summed E-state index contributed by atoms with van der Waals surface area (Å²) in [6.07, 6.45) is 5.43. The molecule has 1 aromatic rings. The molecule has 4 nitrogen and oxygen atoms in total. The van der Waals surface area contributed by atoms with Crippen molar-refractivity contribution in [3.05, 3.63) is 29.3 Å². The second-order valence-corrected chi connectivity index (χ2v) is 7.85. The van der Waals surface area contributed by atoms with Crippen molar-refractivity contribution in [3.8, 4) is 0 Å². The number of nitrogens with one attached hydrogen (secondary N) is 1. The molecule has 0 atom stereocenters. The molecule has 0 unspecified atom stereocenters. The van der Waals surface area contributed by atoms with Gasteiger partial charge < -0.3 is 5.32 Å². The molecule has 20 heavy (non-hydrogen) atoms. The van der Waals surface area contributed by atoms with Crippen molar-refractivity contribution in [2.75, 3.05) is 0 Å². The van der Waals surface area contributed by atoms with Crippen molar-refractivity contribution in [3.63, 3.8) is 0 Å². The first-order valence-corrected chi connectivity index (χ1v) is 9.04. The van der Waals surface area contributed by atoms with Crippen LogP contribution in [0.2, 0.25) is 0 Å². The first kappa shape index (κ1) is 15.3. The Balaban J connectivity index is 2.19. The molecule has 0 saturated heterocycles. The van der Waals surface area contributed by atoms with Crippen LogP contribution in [0.3, 0.4) is 0 Å². The fourth-order valence-electron chi connectivity index (χ4n) is 2.54. The number of amides is 1. The lowest BCUT2D eigenvalue weighted by molar-refractivity contribution is 0.0927.